The van der Waals surface area contributed by atoms with E-state index in [0.717, 1.165) is 5.69 Å². The van der Waals surface area contributed by atoms with Gasteiger partial charge in [-0.3, -0.25) is 4.79 Å². The van der Waals surface area contributed by atoms with Gasteiger partial charge in [-0.25, -0.2) is 4.79 Å². The summed E-state index contributed by atoms with van der Waals surface area (Å²) in [6, 6.07) is 14.0. The van der Waals surface area contributed by atoms with Crippen molar-refractivity contribution in [1.29, 1.82) is 5.26 Å². The molecule has 0 saturated heterocycles. The van der Waals surface area contributed by atoms with Crippen molar-refractivity contribution < 1.29 is 23.8 Å². The monoisotopic (exact) mass is 409 g/mol. The van der Waals surface area contributed by atoms with Gasteiger partial charge in [0.25, 0.3) is 5.91 Å². The molecule has 0 unspecified atom stereocenters. The number of nitrogens with zero attached hydrogens (tertiary/aromatic N) is 2. The summed E-state index contributed by atoms with van der Waals surface area (Å²) in [4.78, 5) is 26.2. The molecule has 0 aliphatic carbocycles. The molecule has 0 fully saturated rings. The van der Waals surface area contributed by atoms with E-state index in [2.05, 4.69) is 5.32 Å². The first kappa shape index (κ1) is 22.3. The maximum absolute atomic E-state index is 12.2. The van der Waals surface area contributed by atoms with Crippen molar-refractivity contribution in [2.75, 3.05) is 45.1 Å². The second-order valence-electron chi connectivity index (χ2n) is 6.35. The summed E-state index contributed by atoms with van der Waals surface area (Å²) in [5.74, 6) is -0.489. The molecule has 0 radical (unpaired) electrons. The van der Waals surface area contributed by atoms with Crippen LogP contribution >= 0.6 is 0 Å². The third-order valence-electron chi connectivity index (χ3n) is 4.08. The van der Waals surface area contributed by atoms with Crippen LogP contribution in [0.3, 0.4) is 0 Å². The summed E-state index contributed by atoms with van der Waals surface area (Å²) >= 11 is 0. The number of methoxy groups -OCH3 is 2. The SMILES string of the molecule is COc1ccc(NC(=O)COC(=O)/C(C#N)=C/c2ccc(N(C)C)cc2)c(OC)c1. The Balaban J connectivity index is 1.99. The van der Waals surface area contributed by atoms with Gasteiger partial charge in [0, 0.05) is 25.8 Å². The molecule has 30 heavy (non-hydrogen) atoms. The smallest absolute Gasteiger partial charge is 0.349 e. The lowest BCUT2D eigenvalue weighted by molar-refractivity contribution is -0.142. The highest BCUT2D eigenvalue weighted by atomic mass is 16.5. The molecule has 1 N–H and O–H groups in total. The molecule has 0 bridgehead atoms. The zero-order valence-corrected chi connectivity index (χ0v) is 17.3. The fraction of sp³-hybridized carbons (Fsp3) is 0.227. The summed E-state index contributed by atoms with van der Waals surface area (Å²) < 4.78 is 15.3. The average molecular weight is 409 g/mol. The van der Waals surface area contributed by atoms with E-state index in [4.69, 9.17) is 14.2 Å². The van der Waals surface area contributed by atoms with Gasteiger partial charge in [-0.05, 0) is 35.9 Å². The Labute approximate surface area is 175 Å². The standard InChI is InChI=1S/C22H23N3O5/c1-25(2)17-7-5-15(6-8-17)11-16(13-23)22(27)30-14-21(26)24-19-10-9-18(28-3)12-20(19)29-4/h5-12H,14H2,1-4H3,(H,24,26)/b16-11+. The highest BCUT2D eigenvalue weighted by Crippen LogP contribution is 2.28. The first-order valence-corrected chi connectivity index (χ1v) is 8.96. The van der Waals surface area contributed by atoms with E-state index >= 15 is 0 Å². The molecule has 0 saturated carbocycles. The number of nitrogens with one attached hydrogen (secondary N) is 1. The number of hydrogen-bond donors (Lipinski definition) is 1. The summed E-state index contributed by atoms with van der Waals surface area (Å²) in [6.45, 7) is -0.549. The summed E-state index contributed by atoms with van der Waals surface area (Å²) in [5, 5.41) is 11.9. The van der Waals surface area contributed by atoms with Crippen LogP contribution in [-0.2, 0) is 14.3 Å². The van der Waals surface area contributed by atoms with Gasteiger partial charge in [0.05, 0.1) is 19.9 Å². The lowest BCUT2D eigenvalue weighted by atomic mass is 10.1. The fourth-order valence-electron chi connectivity index (χ4n) is 2.47. The van der Waals surface area contributed by atoms with E-state index in [-0.39, 0.29) is 5.57 Å². The average Bonchev–Trinajstić information content (AvgIpc) is 2.76. The largest absolute Gasteiger partial charge is 0.497 e. The van der Waals surface area contributed by atoms with E-state index in [1.54, 1.807) is 36.4 Å². The molecule has 0 heterocycles. The van der Waals surface area contributed by atoms with Gasteiger partial charge in [-0.1, -0.05) is 12.1 Å². The number of anilines is 2. The molecule has 2 aromatic rings. The second kappa shape index (κ2) is 10.5. The minimum Gasteiger partial charge on any atom is -0.497 e. The number of ether oxygens (including phenoxy) is 3. The number of carbonyl (C=O) groups excluding carboxylic acids is 2. The Bertz CT molecular complexity index is 975. The highest BCUT2D eigenvalue weighted by Gasteiger charge is 2.15. The summed E-state index contributed by atoms with van der Waals surface area (Å²) in [7, 11) is 6.80. The third-order valence-corrected chi connectivity index (χ3v) is 4.08. The lowest BCUT2D eigenvalue weighted by Crippen LogP contribution is -2.21. The molecule has 0 aliphatic heterocycles. The van der Waals surface area contributed by atoms with Crippen molar-refractivity contribution in [3.8, 4) is 17.6 Å². The molecule has 2 aromatic carbocycles. The Morgan fingerprint density at radius 3 is 2.37 bits per heavy atom. The Kier molecular flexibility index (Phi) is 7.82. The second-order valence-corrected chi connectivity index (χ2v) is 6.35. The van der Waals surface area contributed by atoms with Crippen molar-refractivity contribution in [2.45, 2.75) is 0 Å². The highest BCUT2D eigenvalue weighted by molar-refractivity contribution is 6.00. The summed E-state index contributed by atoms with van der Waals surface area (Å²) in [6.07, 6.45) is 1.41. The van der Waals surface area contributed by atoms with Crippen LogP contribution in [0.25, 0.3) is 6.08 Å². The van der Waals surface area contributed by atoms with Gasteiger partial charge in [0.15, 0.2) is 6.61 Å². The van der Waals surface area contributed by atoms with Gasteiger partial charge in [-0.15, -0.1) is 0 Å². The van der Waals surface area contributed by atoms with Gasteiger partial charge in [0.1, 0.15) is 23.1 Å². The van der Waals surface area contributed by atoms with Crippen LogP contribution in [0.4, 0.5) is 11.4 Å². The fourth-order valence-corrected chi connectivity index (χ4v) is 2.47. The van der Waals surface area contributed by atoms with Crippen LogP contribution in [-0.4, -0.2) is 46.8 Å². The number of hydrogen-bond acceptors (Lipinski definition) is 7. The van der Waals surface area contributed by atoms with Crippen molar-refractivity contribution in [2.24, 2.45) is 0 Å². The van der Waals surface area contributed by atoms with Crippen molar-refractivity contribution in [1.82, 2.24) is 0 Å². The van der Waals surface area contributed by atoms with Crippen LogP contribution in [0.2, 0.25) is 0 Å². The molecule has 1 amide bonds. The number of nitriles is 1. The van der Waals surface area contributed by atoms with Crippen LogP contribution in [0, 0.1) is 11.3 Å². The first-order chi connectivity index (χ1) is 14.4. The maximum atomic E-state index is 12.2. The van der Waals surface area contributed by atoms with E-state index < -0.39 is 18.5 Å². The van der Waals surface area contributed by atoms with Crippen LogP contribution < -0.4 is 19.7 Å². The topological polar surface area (TPSA) is 101 Å². The number of esters is 1. The minimum absolute atomic E-state index is 0.206. The molecule has 156 valence electrons. The number of amides is 1. The van der Waals surface area contributed by atoms with Crippen LogP contribution in [0.1, 0.15) is 5.56 Å². The van der Waals surface area contributed by atoms with Crippen molar-refractivity contribution in [3.05, 3.63) is 53.6 Å². The normalized spacial score (nSPS) is 10.6. The summed E-state index contributed by atoms with van der Waals surface area (Å²) in [5.41, 5.74) is 1.85. The zero-order valence-electron chi connectivity index (χ0n) is 17.3. The van der Waals surface area contributed by atoms with Gasteiger partial charge < -0.3 is 24.4 Å². The third kappa shape index (κ3) is 6.01. The van der Waals surface area contributed by atoms with Crippen LogP contribution in [0.15, 0.2) is 48.0 Å². The molecule has 2 rings (SSSR count). The van der Waals surface area contributed by atoms with Gasteiger partial charge >= 0.3 is 5.97 Å². The number of rotatable bonds is 8. The van der Waals surface area contributed by atoms with Crippen molar-refractivity contribution in [3.63, 3.8) is 0 Å². The van der Waals surface area contributed by atoms with Gasteiger partial charge in [-0.2, -0.15) is 5.26 Å². The number of carbonyl (C=O) groups is 2. The van der Waals surface area contributed by atoms with Crippen LogP contribution in [0.5, 0.6) is 11.5 Å². The molecular weight excluding hydrogens is 386 g/mol. The Morgan fingerprint density at radius 2 is 1.80 bits per heavy atom. The molecule has 0 spiro atoms. The van der Waals surface area contributed by atoms with Gasteiger partial charge in [0.2, 0.25) is 0 Å². The molecule has 0 atom stereocenters. The quantitative estimate of drug-likeness (QED) is 0.406. The maximum Gasteiger partial charge on any atom is 0.349 e. The predicted molar refractivity (Wildman–Crippen MR) is 113 cm³/mol. The molecule has 0 aliphatic rings. The molecule has 8 nitrogen and oxygen atoms in total. The zero-order chi connectivity index (χ0) is 22.1. The first-order valence-electron chi connectivity index (χ1n) is 8.96. The Morgan fingerprint density at radius 1 is 1.10 bits per heavy atom. The van der Waals surface area contributed by atoms with E-state index in [1.165, 1.54) is 20.3 Å². The number of benzene rings is 2. The minimum atomic E-state index is -0.883. The molecule has 8 heteroatoms. The lowest BCUT2D eigenvalue weighted by Gasteiger charge is -2.12. The predicted octanol–water partition coefficient (Wildman–Crippen LogP) is 2.86. The van der Waals surface area contributed by atoms with E-state index in [9.17, 15) is 14.9 Å². The van der Waals surface area contributed by atoms with E-state index in [0.29, 0.717) is 22.7 Å². The molecular formula is C22H23N3O5. The van der Waals surface area contributed by atoms with Crippen molar-refractivity contribution >= 4 is 29.3 Å². The Hall–Kier alpha value is -3.99. The van der Waals surface area contributed by atoms with E-state index in [1.807, 2.05) is 31.1 Å². The molecule has 0 aromatic heterocycles.